The van der Waals surface area contributed by atoms with Gasteiger partial charge in [0.25, 0.3) is 5.82 Å². The molecular weight excluding hydrogens is 208 g/mol. The molecule has 17 heavy (non-hydrogen) atoms. The van der Waals surface area contributed by atoms with Crippen LogP contribution in [0.2, 0.25) is 0 Å². The van der Waals surface area contributed by atoms with Crippen LogP contribution in [0.1, 0.15) is 65.1 Å². The summed E-state index contributed by atoms with van der Waals surface area (Å²) in [5.41, 5.74) is 0. The van der Waals surface area contributed by atoms with Crippen molar-refractivity contribution in [2.45, 2.75) is 78.8 Å². The molecule has 0 amide bonds. The van der Waals surface area contributed by atoms with E-state index in [2.05, 4.69) is 42.3 Å². The summed E-state index contributed by atoms with van der Waals surface area (Å²) in [4.78, 5) is 0. The number of rotatable bonds is 9. The van der Waals surface area contributed by atoms with Gasteiger partial charge in [0.1, 0.15) is 12.4 Å². The lowest BCUT2D eigenvalue weighted by atomic mass is 10.1. The Bertz CT molecular complexity index is 302. The van der Waals surface area contributed by atoms with Gasteiger partial charge in [-0.3, -0.25) is 0 Å². The largest absolute Gasteiger partial charge is 0.256 e. The van der Waals surface area contributed by atoms with Gasteiger partial charge in [-0.15, -0.1) is 0 Å². The van der Waals surface area contributed by atoms with E-state index in [0.29, 0.717) is 0 Å². The summed E-state index contributed by atoms with van der Waals surface area (Å²) in [6.07, 6.45) is 13.7. The first-order valence-electron chi connectivity index (χ1n) is 7.40. The van der Waals surface area contributed by atoms with Crippen LogP contribution in [0.4, 0.5) is 0 Å². The smallest absolute Gasteiger partial charge is 0.235 e. The predicted octanol–water partition coefficient (Wildman–Crippen LogP) is 3.72. The van der Waals surface area contributed by atoms with Crippen molar-refractivity contribution >= 4 is 0 Å². The monoisotopic (exact) mass is 237 g/mol. The van der Waals surface area contributed by atoms with Crippen LogP contribution in [0.15, 0.2) is 12.4 Å². The molecule has 0 aliphatic rings. The van der Waals surface area contributed by atoms with Gasteiger partial charge in [-0.2, -0.15) is 0 Å². The molecule has 1 aromatic heterocycles. The highest BCUT2D eigenvalue weighted by atomic mass is 15.1. The van der Waals surface area contributed by atoms with Gasteiger partial charge in [-0.25, -0.2) is 9.13 Å². The first-order valence-corrected chi connectivity index (χ1v) is 7.40. The highest BCUT2D eigenvalue weighted by Gasteiger charge is 2.14. The molecule has 1 heterocycles. The maximum atomic E-state index is 2.46. The molecule has 0 radical (unpaired) electrons. The summed E-state index contributed by atoms with van der Waals surface area (Å²) in [7, 11) is 0. The van der Waals surface area contributed by atoms with Gasteiger partial charge in [0.15, 0.2) is 0 Å². The van der Waals surface area contributed by atoms with E-state index in [1.165, 1.54) is 57.3 Å². The molecule has 1 aromatic rings. The van der Waals surface area contributed by atoms with Crippen molar-refractivity contribution in [1.29, 1.82) is 0 Å². The van der Waals surface area contributed by atoms with Gasteiger partial charge < -0.3 is 0 Å². The van der Waals surface area contributed by atoms with E-state index in [-0.39, 0.29) is 0 Å². The number of unbranched alkanes of at least 4 members (excludes halogenated alkanes) is 4. The Balaban J connectivity index is 2.55. The lowest BCUT2D eigenvalue weighted by molar-refractivity contribution is -0.704. The highest BCUT2D eigenvalue weighted by Crippen LogP contribution is 2.06. The molecule has 0 unspecified atom stereocenters. The Labute approximate surface area is 107 Å². The fraction of sp³-hybridized carbons (Fsp3) is 0.800. The quantitative estimate of drug-likeness (QED) is 0.457. The molecule has 1 rings (SSSR count). The van der Waals surface area contributed by atoms with Gasteiger partial charge in [0.2, 0.25) is 0 Å². The van der Waals surface area contributed by atoms with Crippen LogP contribution in [-0.4, -0.2) is 4.57 Å². The zero-order valence-corrected chi connectivity index (χ0v) is 11.9. The Morgan fingerprint density at radius 1 is 1.00 bits per heavy atom. The molecule has 2 heteroatoms. The standard InChI is InChI=1S/C15H29N2/c1-4-7-9-10-11-15-16(6-3)13-14-17(15)12-8-5-2/h13-14H,4-12H2,1-3H3/q+1. The van der Waals surface area contributed by atoms with E-state index in [9.17, 15) is 0 Å². The molecule has 0 aliphatic heterocycles. The second-order valence-electron chi connectivity index (χ2n) is 4.86. The van der Waals surface area contributed by atoms with Crippen LogP contribution in [0.25, 0.3) is 0 Å². The van der Waals surface area contributed by atoms with Crippen molar-refractivity contribution in [3.63, 3.8) is 0 Å². The minimum atomic E-state index is 1.10. The summed E-state index contributed by atoms with van der Waals surface area (Å²) in [5.74, 6) is 1.53. The van der Waals surface area contributed by atoms with Crippen LogP contribution in [-0.2, 0) is 19.5 Å². The van der Waals surface area contributed by atoms with Crippen LogP contribution >= 0.6 is 0 Å². The molecule has 0 spiro atoms. The first kappa shape index (κ1) is 14.3. The normalized spacial score (nSPS) is 11.0. The van der Waals surface area contributed by atoms with E-state index < -0.39 is 0 Å². The predicted molar refractivity (Wildman–Crippen MR) is 73.1 cm³/mol. The van der Waals surface area contributed by atoms with Crippen molar-refractivity contribution in [2.24, 2.45) is 0 Å². The van der Waals surface area contributed by atoms with Gasteiger partial charge in [-0.1, -0.05) is 39.5 Å². The van der Waals surface area contributed by atoms with Crippen molar-refractivity contribution in [2.75, 3.05) is 0 Å². The lowest BCUT2D eigenvalue weighted by Gasteiger charge is -2.03. The molecule has 98 valence electrons. The molecule has 0 atom stereocenters. The van der Waals surface area contributed by atoms with E-state index in [1.54, 1.807) is 0 Å². The molecule has 2 nitrogen and oxygen atoms in total. The van der Waals surface area contributed by atoms with Crippen molar-refractivity contribution in [3.05, 3.63) is 18.2 Å². The topological polar surface area (TPSA) is 8.81 Å². The zero-order chi connectivity index (χ0) is 12.5. The molecule has 0 fully saturated rings. The molecule has 0 aromatic carbocycles. The summed E-state index contributed by atoms with van der Waals surface area (Å²) in [6, 6.07) is 0. The third kappa shape index (κ3) is 4.53. The Morgan fingerprint density at radius 2 is 1.76 bits per heavy atom. The fourth-order valence-electron chi connectivity index (χ4n) is 2.32. The van der Waals surface area contributed by atoms with E-state index in [4.69, 9.17) is 0 Å². The molecule has 0 aliphatic carbocycles. The summed E-state index contributed by atoms with van der Waals surface area (Å²) >= 11 is 0. The summed E-state index contributed by atoms with van der Waals surface area (Å²) < 4.78 is 4.86. The van der Waals surface area contributed by atoms with E-state index >= 15 is 0 Å². The Morgan fingerprint density at radius 3 is 2.41 bits per heavy atom. The van der Waals surface area contributed by atoms with E-state index in [0.717, 1.165) is 6.54 Å². The second-order valence-corrected chi connectivity index (χ2v) is 4.86. The molecule has 0 saturated carbocycles. The summed E-state index contributed by atoms with van der Waals surface area (Å²) in [6.45, 7) is 9.06. The van der Waals surface area contributed by atoms with Crippen LogP contribution < -0.4 is 4.57 Å². The van der Waals surface area contributed by atoms with Gasteiger partial charge in [0.05, 0.1) is 13.1 Å². The van der Waals surface area contributed by atoms with Crippen molar-refractivity contribution in [1.82, 2.24) is 4.57 Å². The molecule has 0 N–H and O–H groups in total. The number of aromatic nitrogens is 2. The van der Waals surface area contributed by atoms with Gasteiger partial charge in [0, 0.05) is 6.42 Å². The zero-order valence-electron chi connectivity index (χ0n) is 11.9. The average molecular weight is 237 g/mol. The second kappa shape index (κ2) is 8.32. The minimum absolute atomic E-state index is 1.10. The third-order valence-corrected chi connectivity index (χ3v) is 3.44. The third-order valence-electron chi connectivity index (χ3n) is 3.44. The van der Waals surface area contributed by atoms with Crippen LogP contribution in [0, 0.1) is 0 Å². The maximum absolute atomic E-state index is 2.46. The SMILES string of the molecule is CCCCCCc1n(CC)cc[n+]1CCCC. The number of imidazole rings is 1. The number of hydrogen-bond donors (Lipinski definition) is 0. The molecule has 0 saturated heterocycles. The maximum Gasteiger partial charge on any atom is 0.256 e. The average Bonchev–Trinajstić information content (AvgIpc) is 2.74. The van der Waals surface area contributed by atoms with Gasteiger partial charge in [-0.05, 0) is 19.8 Å². The van der Waals surface area contributed by atoms with Crippen LogP contribution in [0.5, 0.6) is 0 Å². The molecular formula is C15H29N2+. The van der Waals surface area contributed by atoms with Crippen molar-refractivity contribution in [3.8, 4) is 0 Å². The first-order chi connectivity index (χ1) is 8.33. The van der Waals surface area contributed by atoms with Gasteiger partial charge >= 0.3 is 0 Å². The molecule has 0 bridgehead atoms. The summed E-state index contributed by atoms with van der Waals surface area (Å²) in [5, 5.41) is 0. The Hall–Kier alpha value is -0.790. The lowest BCUT2D eigenvalue weighted by Crippen LogP contribution is -2.37. The number of nitrogens with zero attached hydrogens (tertiary/aromatic N) is 2. The van der Waals surface area contributed by atoms with Crippen LogP contribution in [0.3, 0.4) is 0 Å². The number of aryl methyl sites for hydroxylation is 2. The fourth-order valence-corrected chi connectivity index (χ4v) is 2.32. The highest BCUT2D eigenvalue weighted by molar-refractivity contribution is 4.83. The van der Waals surface area contributed by atoms with Crippen molar-refractivity contribution < 1.29 is 4.57 Å². The number of hydrogen-bond acceptors (Lipinski definition) is 0. The van der Waals surface area contributed by atoms with E-state index in [1.807, 2.05) is 0 Å². The minimum Gasteiger partial charge on any atom is -0.235 e. The Kier molecular flexibility index (Phi) is 6.99.